The number of hydrogen-bond donors (Lipinski definition) is 1. The van der Waals surface area contributed by atoms with Gasteiger partial charge in [-0.05, 0) is 18.6 Å². The summed E-state index contributed by atoms with van der Waals surface area (Å²) >= 11 is 6.09. The number of rotatable bonds is 6. The number of furan rings is 1. The topological polar surface area (TPSA) is 39.2 Å². The third-order valence-electron chi connectivity index (χ3n) is 3.25. The predicted molar refractivity (Wildman–Crippen MR) is 76.9 cm³/mol. The molecule has 1 aromatic carbocycles. The summed E-state index contributed by atoms with van der Waals surface area (Å²) < 4.78 is 5.76. The van der Waals surface area contributed by atoms with E-state index in [4.69, 9.17) is 21.8 Å². The van der Waals surface area contributed by atoms with E-state index in [-0.39, 0.29) is 6.04 Å². The minimum Gasteiger partial charge on any atom is -0.458 e. The molecule has 0 radical (unpaired) electrons. The van der Waals surface area contributed by atoms with Crippen LogP contribution in [-0.4, -0.2) is 0 Å². The van der Waals surface area contributed by atoms with E-state index < -0.39 is 0 Å². The third-order valence-corrected chi connectivity index (χ3v) is 3.55. The monoisotopic (exact) mass is 265 g/mol. The number of unbranched alkanes of at least 4 members (excludes halogenated alkanes) is 3. The second-order valence-electron chi connectivity index (χ2n) is 4.76. The molecule has 2 N–H and O–H groups in total. The maximum absolute atomic E-state index is 6.15. The van der Waals surface area contributed by atoms with Crippen LogP contribution in [0.15, 0.2) is 28.7 Å². The molecule has 0 saturated carbocycles. The van der Waals surface area contributed by atoms with Crippen LogP contribution in [0.1, 0.15) is 50.8 Å². The molecule has 0 bridgehead atoms. The predicted octanol–water partition coefficient (Wildman–Crippen LogP) is 5.06. The second-order valence-corrected chi connectivity index (χ2v) is 5.17. The second kappa shape index (κ2) is 6.26. The Morgan fingerprint density at radius 1 is 1.28 bits per heavy atom. The van der Waals surface area contributed by atoms with Crippen LogP contribution in [0, 0.1) is 0 Å². The summed E-state index contributed by atoms with van der Waals surface area (Å²) in [6.07, 6.45) is 5.89. The first kappa shape index (κ1) is 13.4. The van der Waals surface area contributed by atoms with Crippen molar-refractivity contribution in [3.8, 4) is 0 Å². The van der Waals surface area contributed by atoms with Crippen LogP contribution in [0.4, 0.5) is 0 Å². The van der Waals surface area contributed by atoms with Crippen LogP contribution in [0.2, 0.25) is 5.02 Å². The highest BCUT2D eigenvalue weighted by Crippen LogP contribution is 2.30. The van der Waals surface area contributed by atoms with Crippen molar-refractivity contribution in [1.82, 2.24) is 0 Å². The Bertz CT molecular complexity index is 506. The molecule has 2 nitrogen and oxygen atoms in total. The minimum atomic E-state index is -0.0228. The van der Waals surface area contributed by atoms with Gasteiger partial charge in [0.05, 0.1) is 11.1 Å². The molecule has 0 aliphatic rings. The normalized spacial score (nSPS) is 13.1. The third kappa shape index (κ3) is 3.06. The van der Waals surface area contributed by atoms with E-state index in [0.717, 1.165) is 29.6 Å². The number of benzene rings is 1. The summed E-state index contributed by atoms with van der Waals surface area (Å²) in [5, 5.41) is 1.68. The lowest BCUT2D eigenvalue weighted by atomic mass is 10.1. The van der Waals surface area contributed by atoms with Crippen LogP contribution in [0.25, 0.3) is 11.0 Å². The van der Waals surface area contributed by atoms with Gasteiger partial charge in [0.2, 0.25) is 0 Å². The Morgan fingerprint density at radius 3 is 2.83 bits per heavy atom. The molecule has 0 aliphatic heterocycles. The lowest BCUT2D eigenvalue weighted by Crippen LogP contribution is -2.08. The first-order valence-electron chi connectivity index (χ1n) is 6.66. The summed E-state index contributed by atoms with van der Waals surface area (Å²) in [5.41, 5.74) is 6.90. The van der Waals surface area contributed by atoms with Crippen molar-refractivity contribution in [2.45, 2.75) is 45.1 Å². The molecule has 1 unspecified atom stereocenters. The van der Waals surface area contributed by atoms with Crippen LogP contribution in [-0.2, 0) is 0 Å². The van der Waals surface area contributed by atoms with Gasteiger partial charge >= 0.3 is 0 Å². The van der Waals surface area contributed by atoms with Crippen LogP contribution in [0.5, 0.6) is 0 Å². The highest BCUT2D eigenvalue weighted by Gasteiger charge is 2.13. The summed E-state index contributed by atoms with van der Waals surface area (Å²) in [6.45, 7) is 2.21. The minimum absolute atomic E-state index is 0.0228. The SMILES string of the molecule is CCCCCCC(N)c1cc2cccc(Cl)c2o1. The van der Waals surface area contributed by atoms with Gasteiger partial charge in [0, 0.05) is 5.39 Å². The number of halogens is 1. The van der Waals surface area contributed by atoms with E-state index in [2.05, 4.69) is 6.92 Å². The highest BCUT2D eigenvalue weighted by molar-refractivity contribution is 6.34. The standard InChI is InChI=1S/C15H20ClNO/c1-2-3-4-5-9-13(17)14-10-11-7-6-8-12(16)15(11)18-14/h6-8,10,13H,2-5,9,17H2,1H3. The summed E-state index contributed by atoms with van der Waals surface area (Å²) in [4.78, 5) is 0. The van der Waals surface area contributed by atoms with Gasteiger partial charge < -0.3 is 10.2 Å². The summed E-state index contributed by atoms with van der Waals surface area (Å²) in [5.74, 6) is 0.842. The Balaban J connectivity index is 2.04. The van der Waals surface area contributed by atoms with Crippen LogP contribution in [0.3, 0.4) is 0 Å². The van der Waals surface area contributed by atoms with Crippen molar-refractivity contribution in [2.24, 2.45) is 5.73 Å². The first-order valence-corrected chi connectivity index (χ1v) is 7.03. The molecule has 1 atom stereocenters. The van der Waals surface area contributed by atoms with Crippen molar-refractivity contribution >= 4 is 22.6 Å². The Hall–Kier alpha value is -0.990. The van der Waals surface area contributed by atoms with Crippen molar-refractivity contribution < 1.29 is 4.42 Å². The van der Waals surface area contributed by atoms with Gasteiger partial charge in [-0.25, -0.2) is 0 Å². The van der Waals surface area contributed by atoms with Crippen molar-refractivity contribution in [1.29, 1.82) is 0 Å². The van der Waals surface area contributed by atoms with Crippen LogP contribution >= 0.6 is 11.6 Å². The van der Waals surface area contributed by atoms with Gasteiger partial charge in [-0.3, -0.25) is 0 Å². The number of fused-ring (bicyclic) bond motifs is 1. The number of nitrogens with two attached hydrogens (primary N) is 1. The van der Waals surface area contributed by atoms with Gasteiger partial charge in [0.15, 0.2) is 5.58 Å². The number of hydrogen-bond acceptors (Lipinski definition) is 2. The molecular weight excluding hydrogens is 246 g/mol. The van der Waals surface area contributed by atoms with Crippen LogP contribution < -0.4 is 5.73 Å². The molecule has 18 heavy (non-hydrogen) atoms. The maximum atomic E-state index is 6.15. The average molecular weight is 266 g/mol. The lowest BCUT2D eigenvalue weighted by Gasteiger charge is -2.07. The molecule has 3 heteroatoms. The molecular formula is C15H20ClNO. The fourth-order valence-corrected chi connectivity index (χ4v) is 2.38. The molecule has 0 fully saturated rings. The molecule has 0 saturated heterocycles. The number of para-hydroxylation sites is 1. The van der Waals surface area contributed by atoms with Gasteiger partial charge in [-0.2, -0.15) is 0 Å². The van der Waals surface area contributed by atoms with Crippen molar-refractivity contribution in [3.63, 3.8) is 0 Å². The molecule has 0 aliphatic carbocycles. The van der Waals surface area contributed by atoms with E-state index in [1.807, 2.05) is 24.3 Å². The Morgan fingerprint density at radius 2 is 2.11 bits per heavy atom. The Labute approximate surface area is 113 Å². The smallest absolute Gasteiger partial charge is 0.152 e. The lowest BCUT2D eigenvalue weighted by molar-refractivity contribution is 0.461. The maximum Gasteiger partial charge on any atom is 0.152 e. The average Bonchev–Trinajstić information content (AvgIpc) is 2.80. The highest BCUT2D eigenvalue weighted by atomic mass is 35.5. The fraction of sp³-hybridized carbons (Fsp3) is 0.467. The molecule has 0 spiro atoms. The van der Waals surface area contributed by atoms with E-state index in [0.29, 0.717) is 5.02 Å². The zero-order valence-corrected chi connectivity index (χ0v) is 11.5. The Kier molecular flexibility index (Phi) is 4.67. The van der Waals surface area contributed by atoms with Crippen molar-refractivity contribution in [2.75, 3.05) is 0 Å². The first-order chi connectivity index (χ1) is 8.72. The summed E-state index contributed by atoms with van der Waals surface area (Å²) in [6, 6.07) is 7.75. The fourth-order valence-electron chi connectivity index (χ4n) is 2.16. The molecule has 2 aromatic rings. The van der Waals surface area contributed by atoms with Gasteiger partial charge in [0.1, 0.15) is 5.76 Å². The van der Waals surface area contributed by atoms with E-state index in [1.54, 1.807) is 0 Å². The molecule has 98 valence electrons. The molecule has 2 rings (SSSR count). The van der Waals surface area contributed by atoms with Gasteiger partial charge in [0.25, 0.3) is 0 Å². The molecule has 1 heterocycles. The largest absolute Gasteiger partial charge is 0.458 e. The van der Waals surface area contributed by atoms with Gasteiger partial charge in [-0.1, -0.05) is 56.3 Å². The van der Waals surface area contributed by atoms with Crippen molar-refractivity contribution in [3.05, 3.63) is 35.0 Å². The van der Waals surface area contributed by atoms with E-state index >= 15 is 0 Å². The molecule has 0 amide bonds. The quantitative estimate of drug-likeness (QED) is 0.742. The zero-order valence-electron chi connectivity index (χ0n) is 10.8. The zero-order chi connectivity index (χ0) is 13.0. The summed E-state index contributed by atoms with van der Waals surface area (Å²) in [7, 11) is 0. The van der Waals surface area contributed by atoms with E-state index in [9.17, 15) is 0 Å². The molecule has 1 aromatic heterocycles. The van der Waals surface area contributed by atoms with Gasteiger partial charge in [-0.15, -0.1) is 0 Å². The van der Waals surface area contributed by atoms with E-state index in [1.165, 1.54) is 19.3 Å².